The molecule has 0 aliphatic carbocycles. The van der Waals surface area contributed by atoms with Gasteiger partial charge in [0.15, 0.2) is 0 Å². The molecule has 1 atom stereocenters. The topological polar surface area (TPSA) is 107 Å². The summed E-state index contributed by atoms with van der Waals surface area (Å²) >= 11 is 6.38. The van der Waals surface area contributed by atoms with Crippen LogP contribution in [-0.4, -0.2) is 43.3 Å². The maximum absolute atomic E-state index is 12.8. The lowest BCUT2D eigenvalue weighted by Gasteiger charge is -2.22. The number of carboxylic acid groups (broad SMARTS) is 1. The van der Waals surface area contributed by atoms with Crippen molar-refractivity contribution in [2.75, 3.05) is 5.32 Å². The molecule has 3 rings (SSSR count). The molecule has 1 aliphatic heterocycles. The Balaban J connectivity index is 1.80. The third-order valence-electron chi connectivity index (χ3n) is 4.18. The summed E-state index contributed by atoms with van der Waals surface area (Å²) in [6.07, 6.45) is 1.70. The summed E-state index contributed by atoms with van der Waals surface area (Å²) in [5.41, 5.74) is 0.581. The number of aromatic carboxylic acids is 1. The Hall–Kier alpha value is -3.17. The highest BCUT2D eigenvalue weighted by Crippen LogP contribution is 2.34. The van der Waals surface area contributed by atoms with Crippen LogP contribution in [0.3, 0.4) is 0 Å². The van der Waals surface area contributed by atoms with E-state index in [0.717, 1.165) is 23.4 Å². The molecule has 1 saturated heterocycles. The monoisotopic (exact) mass is 428 g/mol. The molecule has 148 valence electrons. The van der Waals surface area contributed by atoms with Crippen molar-refractivity contribution in [2.24, 2.45) is 0 Å². The second-order valence-corrected chi connectivity index (χ2v) is 7.84. The smallest absolute Gasteiger partial charge is 0.337 e. The summed E-state index contributed by atoms with van der Waals surface area (Å²) in [6.45, 7) is 1.51. The summed E-state index contributed by atoms with van der Waals surface area (Å²) in [5.74, 6) is -2.54. The van der Waals surface area contributed by atoms with E-state index in [1.54, 1.807) is 6.08 Å². The van der Waals surface area contributed by atoms with Gasteiger partial charge in [0, 0.05) is 0 Å². The number of carbonyl (C=O) groups excluding carboxylic acids is 2. The second kappa shape index (κ2) is 8.46. The maximum atomic E-state index is 12.8. The predicted molar refractivity (Wildman–Crippen MR) is 115 cm³/mol. The zero-order valence-corrected chi connectivity index (χ0v) is 16.8. The van der Waals surface area contributed by atoms with Gasteiger partial charge >= 0.3 is 5.97 Å². The van der Waals surface area contributed by atoms with Crippen molar-refractivity contribution >= 4 is 57.8 Å². The number of carbonyl (C=O) groups is 3. The molecule has 2 amide bonds. The van der Waals surface area contributed by atoms with E-state index < -0.39 is 23.8 Å². The van der Waals surface area contributed by atoms with E-state index in [1.165, 1.54) is 24.0 Å². The summed E-state index contributed by atoms with van der Waals surface area (Å²) in [6, 6.07) is 11.9. The zero-order valence-electron chi connectivity index (χ0n) is 15.2. The Bertz CT molecular complexity index is 1040. The van der Waals surface area contributed by atoms with E-state index in [4.69, 9.17) is 12.2 Å². The largest absolute Gasteiger partial charge is 0.508 e. The number of phenols is 1. The zero-order chi connectivity index (χ0) is 21.1. The van der Waals surface area contributed by atoms with Crippen molar-refractivity contribution in [3.05, 3.63) is 64.6 Å². The molecule has 0 spiro atoms. The van der Waals surface area contributed by atoms with Gasteiger partial charge in [-0.05, 0) is 36.8 Å². The SMILES string of the molecule is C[C@@H](C(=O)Nc1ccc(O)cc1C(=O)O)N1C(=O)/C(=C\c2ccccc2)SC1=S. The quantitative estimate of drug-likeness (QED) is 0.381. The standard InChI is InChI=1S/C20H16N2O5S2/c1-11(17(24)21-15-8-7-13(23)10-14(15)19(26)27)22-18(25)16(29-20(22)28)9-12-5-3-2-4-6-12/h2-11,23H,1H3,(H,21,24)(H,26,27)/b16-9+/t11-/m0/s1. The lowest BCUT2D eigenvalue weighted by atomic mass is 10.1. The van der Waals surface area contributed by atoms with Crippen LogP contribution in [0.15, 0.2) is 53.4 Å². The van der Waals surface area contributed by atoms with Gasteiger partial charge in [-0.15, -0.1) is 0 Å². The molecule has 0 aromatic heterocycles. The molecule has 29 heavy (non-hydrogen) atoms. The fourth-order valence-electron chi connectivity index (χ4n) is 2.69. The van der Waals surface area contributed by atoms with Gasteiger partial charge in [0.1, 0.15) is 16.1 Å². The van der Waals surface area contributed by atoms with Crippen LogP contribution < -0.4 is 5.32 Å². The molecule has 0 bridgehead atoms. The minimum absolute atomic E-state index is 0.0115. The average molecular weight is 428 g/mol. The van der Waals surface area contributed by atoms with Crippen LogP contribution in [0.1, 0.15) is 22.8 Å². The third-order valence-corrected chi connectivity index (χ3v) is 5.51. The number of thioether (sulfide) groups is 1. The molecule has 9 heteroatoms. The minimum Gasteiger partial charge on any atom is -0.508 e. The van der Waals surface area contributed by atoms with Crippen LogP contribution in [0.2, 0.25) is 0 Å². The fourth-order valence-corrected chi connectivity index (χ4v) is 4.11. The van der Waals surface area contributed by atoms with E-state index in [-0.39, 0.29) is 21.3 Å². The first-order valence-corrected chi connectivity index (χ1v) is 9.69. The van der Waals surface area contributed by atoms with Gasteiger partial charge in [-0.2, -0.15) is 0 Å². The molecular formula is C20H16N2O5S2. The lowest BCUT2D eigenvalue weighted by molar-refractivity contribution is -0.129. The van der Waals surface area contributed by atoms with Crippen LogP contribution in [0, 0.1) is 0 Å². The lowest BCUT2D eigenvalue weighted by Crippen LogP contribution is -2.44. The first kappa shape index (κ1) is 20.6. The second-order valence-electron chi connectivity index (χ2n) is 6.16. The number of hydrogen-bond donors (Lipinski definition) is 3. The molecule has 2 aromatic carbocycles. The molecule has 1 aliphatic rings. The van der Waals surface area contributed by atoms with Gasteiger partial charge in [-0.1, -0.05) is 54.3 Å². The van der Waals surface area contributed by atoms with Crippen molar-refractivity contribution in [3.8, 4) is 5.75 Å². The van der Waals surface area contributed by atoms with E-state index >= 15 is 0 Å². The molecule has 2 aromatic rings. The van der Waals surface area contributed by atoms with E-state index in [1.807, 2.05) is 30.3 Å². The first-order chi connectivity index (χ1) is 13.8. The number of nitrogens with zero attached hydrogens (tertiary/aromatic N) is 1. The summed E-state index contributed by atoms with van der Waals surface area (Å²) < 4.78 is 0.240. The van der Waals surface area contributed by atoms with Crippen LogP contribution in [0.5, 0.6) is 5.75 Å². The van der Waals surface area contributed by atoms with Crippen LogP contribution in [0.25, 0.3) is 6.08 Å². The number of hydrogen-bond acceptors (Lipinski definition) is 6. The maximum Gasteiger partial charge on any atom is 0.337 e. The Kier molecular flexibility index (Phi) is 6.00. The number of anilines is 1. The highest BCUT2D eigenvalue weighted by atomic mass is 32.2. The number of phenolic OH excluding ortho intramolecular Hbond substituents is 1. The number of nitrogens with one attached hydrogen (secondary N) is 1. The van der Waals surface area contributed by atoms with Gasteiger partial charge in [-0.25, -0.2) is 4.79 Å². The third kappa shape index (κ3) is 4.47. The van der Waals surface area contributed by atoms with Gasteiger partial charge in [0.05, 0.1) is 16.2 Å². The number of benzene rings is 2. The van der Waals surface area contributed by atoms with Gasteiger partial charge in [0.2, 0.25) is 5.91 Å². The molecule has 3 N–H and O–H groups in total. The van der Waals surface area contributed by atoms with Crippen molar-refractivity contribution in [1.29, 1.82) is 0 Å². The number of thiocarbonyl (C=S) groups is 1. The average Bonchev–Trinajstić information content (AvgIpc) is 2.96. The summed E-state index contributed by atoms with van der Waals surface area (Å²) in [4.78, 5) is 38.4. The molecule has 0 radical (unpaired) electrons. The molecule has 0 saturated carbocycles. The summed E-state index contributed by atoms with van der Waals surface area (Å²) in [7, 11) is 0. The Morgan fingerprint density at radius 1 is 1.21 bits per heavy atom. The molecular weight excluding hydrogens is 412 g/mol. The molecule has 7 nitrogen and oxygen atoms in total. The predicted octanol–water partition coefficient (Wildman–Crippen LogP) is 3.32. The fraction of sp³-hybridized carbons (Fsp3) is 0.100. The highest BCUT2D eigenvalue weighted by Gasteiger charge is 2.38. The van der Waals surface area contributed by atoms with Crippen LogP contribution in [-0.2, 0) is 9.59 Å². The number of rotatable bonds is 5. The van der Waals surface area contributed by atoms with Crippen molar-refractivity contribution in [1.82, 2.24) is 4.90 Å². The van der Waals surface area contributed by atoms with Crippen LogP contribution in [0.4, 0.5) is 5.69 Å². The van der Waals surface area contributed by atoms with Crippen molar-refractivity contribution in [2.45, 2.75) is 13.0 Å². The normalized spacial score (nSPS) is 16.2. The number of carboxylic acids is 1. The summed E-state index contributed by atoms with van der Waals surface area (Å²) in [5, 5.41) is 21.2. The van der Waals surface area contributed by atoms with Gasteiger partial charge in [0.25, 0.3) is 5.91 Å². The van der Waals surface area contributed by atoms with E-state index in [9.17, 15) is 24.6 Å². The van der Waals surface area contributed by atoms with E-state index in [0.29, 0.717) is 4.91 Å². The Labute approximate surface area is 176 Å². The number of aromatic hydroxyl groups is 1. The minimum atomic E-state index is -1.31. The van der Waals surface area contributed by atoms with Gasteiger partial charge in [-0.3, -0.25) is 14.5 Å². The van der Waals surface area contributed by atoms with Crippen LogP contribution >= 0.6 is 24.0 Å². The first-order valence-electron chi connectivity index (χ1n) is 8.47. The number of amides is 2. The Morgan fingerprint density at radius 3 is 2.55 bits per heavy atom. The van der Waals surface area contributed by atoms with Crippen molar-refractivity contribution < 1.29 is 24.6 Å². The Morgan fingerprint density at radius 2 is 1.90 bits per heavy atom. The van der Waals surface area contributed by atoms with E-state index in [2.05, 4.69) is 5.32 Å². The molecule has 0 unspecified atom stereocenters. The molecule has 1 heterocycles. The molecule has 1 fully saturated rings. The van der Waals surface area contributed by atoms with Gasteiger partial charge < -0.3 is 15.5 Å². The van der Waals surface area contributed by atoms with Crippen molar-refractivity contribution in [3.63, 3.8) is 0 Å². The highest BCUT2D eigenvalue weighted by molar-refractivity contribution is 8.26.